The molecule has 0 atom stereocenters. The molecule has 0 saturated carbocycles. The summed E-state index contributed by atoms with van der Waals surface area (Å²) in [5, 5.41) is 10.2. The SMILES string of the molecule is CCc1nc(N(C)Cc2ccncc2)sc1CO. The maximum absolute atomic E-state index is 9.28. The van der Waals surface area contributed by atoms with E-state index in [0.717, 1.165) is 28.7 Å². The van der Waals surface area contributed by atoms with E-state index in [1.165, 1.54) is 5.56 Å². The van der Waals surface area contributed by atoms with Gasteiger partial charge in [0, 0.05) is 26.0 Å². The van der Waals surface area contributed by atoms with Crippen LogP contribution < -0.4 is 4.90 Å². The van der Waals surface area contributed by atoms with Gasteiger partial charge in [-0.1, -0.05) is 18.3 Å². The van der Waals surface area contributed by atoms with Gasteiger partial charge in [0.15, 0.2) is 5.13 Å². The Morgan fingerprint density at radius 2 is 2.06 bits per heavy atom. The zero-order valence-corrected chi connectivity index (χ0v) is 11.4. The summed E-state index contributed by atoms with van der Waals surface area (Å²) in [5.41, 5.74) is 2.20. The summed E-state index contributed by atoms with van der Waals surface area (Å²) >= 11 is 1.56. The van der Waals surface area contributed by atoms with Crippen molar-refractivity contribution in [2.24, 2.45) is 0 Å². The molecule has 0 fully saturated rings. The zero-order valence-electron chi connectivity index (χ0n) is 10.6. The van der Waals surface area contributed by atoms with E-state index in [9.17, 15) is 5.11 Å². The number of hydrogen-bond donors (Lipinski definition) is 1. The first-order valence-electron chi connectivity index (χ1n) is 5.94. The number of thiazole rings is 1. The average molecular weight is 263 g/mol. The Morgan fingerprint density at radius 1 is 1.33 bits per heavy atom. The third-order valence-electron chi connectivity index (χ3n) is 2.74. The van der Waals surface area contributed by atoms with Crippen molar-refractivity contribution in [3.63, 3.8) is 0 Å². The number of aryl methyl sites for hydroxylation is 1. The molecule has 2 rings (SSSR count). The number of aliphatic hydroxyl groups excluding tert-OH is 1. The van der Waals surface area contributed by atoms with Gasteiger partial charge in [-0.05, 0) is 24.1 Å². The van der Waals surface area contributed by atoms with Crippen LogP contribution >= 0.6 is 11.3 Å². The predicted molar refractivity (Wildman–Crippen MR) is 73.8 cm³/mol. The number of aromatic nitrogens is 2. The van der Waals surface area contributed by atoms with Crippen LogP contribution in [0.1, 0.15) is 23.1 Å². The van der Waals surface area contributed by atoms with E-state index in [2.05, 4.69) is 21.8 Å². The van der Waals surface area contributed by atoms with Gasteiger partial charge in [0.1, 0.15) is 0 Å². The molecule has 0 bridgehead atoms. The van der Waals surface area contributed by atoms with Gasteiger partial charge >= 0.3 is 0 Å². The molecule has 4 nitrogen and oxygen atoms in total. The molecule has 5 heteroatoms. The highest BCUT2D eigenvalue weighted by Gasteiger charge is 2.12. The van der Waals surface area contributed by atoms with Gasteiger partial charge in [0.2, 0.25) is 0 Å². The van der Waals surface area contributed by atoms with E-state index in [-0.39, 0.29) is 6.61 Å². The van der Waals surface area contributed by atoms with Crippen LogP contribution in [0.4, 0.5) is 5.13 Å². The molecule has 1 N–H and O–H groups in total. The monoisotopic (exact) mass is 263 g/mol. The molecule has 2 heterocycles. The molecular formula is C13H17N3OS. The minimum Gasteiger partial charge on any atom is -0.391 e. The van der Waals surface area contributed by atoms with Gasteiger partial charge in [0.25, 0.3) is 0 Å². The summed E-state index contributed by atoms with van der Waals surface area (Å²) in [7, 11) is 2.01. The van der Waals surface area contributed by atoms with Crippen LogP contribution in [-0.2, 0) is 19.6 Å². The Balaban J connectivity index is 2.13. The number of anilines is 1. The van der Waals surface area contributed by atoms with Crippen molar-refractivity contribution in [3.8, 4) is 0 Å². The summed E-state index contributed by atoms with van der Waals surface area (Å²) in [6.07, 6.45) is 4.44. The topological polar surface area (TPSA) is 49.2 Å². The molecule has 0 aliphatic carbocycles. The lowest BCUT2D eigenvalue weighted by Gasteiger charge is -2.15. The minimum absolute atomic E-state index is 0.0734. The quantitative estimate of drug-likeness (QED) is 0.898. The minimum atomic E-state index is 0.0734. The van der Waals surface area contributed by atoms with Crippen molar-refractivity contribution in [1.82, 2.24) is 9.97 Å². The second kappa shape index (κ2) is 5.93. The van der Waals surface area contributed by atoms with Crippen LogP contribution in [-0.4, -0.2) is 22.1 Å². The number of rotatable bonds is 5. The van der Waals surface area contributed by atoms with Gasteiger partial charge in [-0.2, -0.15) is 0 Å². The lowest BCUT2D eigenvalue weighted by molar-refractivity contribution is 0.284. The van der Waals surface area contributed by atoms with Crippen molar-refractivity contribution in [2.75, 3.05) is 11.9 Å². The van der Waals surface area contributed by atoms with Crippen molar-refractivity contribution in [1.29, 1.82) is 0 Å². The molecule has 0 unspecified atom stereocenters. The van der Waals surface area contributed by atoms with Crippen LogP contribution in [0.25, 0.3) is 0 Å². The largest absolute Gasteiger partial charge is 0.391 e. The lowest BCUT2D eigenvalue weighted by Crippen LogP contribution is -2.16. The van der Waals surface area contributed by atoms with Gasteiger partial charge in [0.05, 0.1) is 17.2 Å². The molecule has 0 aromatic carbocycles. The summed E-state index contributed by atoms with van der Waals surface area (Å²) in [6.45, 7) is 2.93. The van der Waals surface area contributed by atoms with Crippen molar-refractivity contribution < 1.29 is 5.11 Å². The second-order valence-corrected chi connectivity index (χ2v) is 5.15. The van der Waals surface area contributed by atoms with Crippen LogP contribution in [0.3, 0.4) is 0 Å². The Hall–Kier alpha value is -1.46. The molecule has 18 heavy (non-hydrogen) atoms. The molecular weight excluding hydrogens is 246 g/mol. The number of aliphatic hydroxyl groups is 1. The Bertz CT molecular complexity index is 477. The third-order valence-corrected chi connectivity index (χ3v) is 3.94. The fourth-order valence-electron chi connectivity index (χ4n) is 1.76. The second-order valence-electron chi connectivity index (χ2n) is 4.09. The number of nitrogens with zero attached hydrogens (tertiary/aromatic N) is 3. The summed E-state index contributed by atoms with van der Waals surface area (Å²) < 4.78 is 0. The van der Waals surface area contributed by atoms with Gasteiger partial charge < -0.3 is 10.0 Å². The maximum atomic E-state index is 9.28. The van der Waals surface area contributed by atoms with Crippen LogP contribution in [0, 0.1) is 0 Å². The molecule has 0 aliphatic rings. The van der Waals surface area contributed by atoms with E-state index in [1.54, 1.807) is 23.7 Å². The van der Waals surface area contributed by atoms with E-state index < -0.39 is 0 Å². The standard InChI is InChI=1S/C13H17N3OS/c1-3-11-12(9-17)18-13(15-11)16(2)8-10-4-6-14-7-5-10/h4-7,17H,3,8-9H2,1-2H3. The van der Waals surface area contributed by atoms with Crippen LogP contribution in [0.5, 0.6) is 0 Å². The Morgan fingerprint density at radius 3 is 2.61 bits per heavy atom. The molecule has 0 amide bonds. The first kappa shape index (κ1) is 13.0. The molecule has 2 aromatic rings. The smallest absolute Gasteiger partial charge is 0.185 e. The third kappa shape index (κ3) is 2.86. The van der Waals surface area contributed by atoms with E-state index in [1.807, 2.05) is 19.2 Å². The highest BCUT2D eigenvalue weighted by molar-refractivity contribution is 7.15. The maximum Gasteiger partial charge on any atom is 0.185 e. The first-order valence-corrected chi connectivity index (χ1v) is 6.75. The van der Waals surface area contributed by atoms with Crippen LogP contribution in [0.15, 0.2) is 24.5 Å². The molecule has 0 aliphatic heterocycles. The Labute approximate surface area is 111 Å². The highest BCUT2D eigenvalue weighted by Crippen LogP contribution is 2.27. The zero-order chi connectivity index (χ0) is 13.0. The van der Waals surface area contributed by atoms with Gasteiger partial charge in [-0.25, -0.2) is 4.98 Å². The summed E-state index contributed by atoms with van der Waals surface area (Å²) in [5.74, 6) is 0. The van der Waals surface area contributed by atoms with E-state index in [0.29, 0.717) is 0 Å². The normalized spacial score (nSPS) is 10.6. The van der Waals surface area contributed by atoms with Gasteiger partial charge in [-0.3, -0.25) is 4.98 Å². The molecule has 0 saturated heterocycles. The fraction of sp³-hybridized carbons (Fsp3) is 0.385. The lowest BCUT2D eigenvalue weighted by atomic mass is 10.2. The van der Waals surface area contributed by atoms with Crippen molar-refractivity contribution in [2.45, 2.75) is 26.5 Å². The van der Waals surface area contributed by atoms with Crippen molar-refractivity contribution >= 4 is 16.5 Å². The predicted octanol–water partition coefficient (Wildman–Crippen LogP) is 2.23. The van der Waals surface area contributed by atoms with E-state index in [4.69, 9.17) is 0 Å². The fourth-order valence-corrected chi connectivity index (χ4v) is 2.73. The molecule has 0 radical (unpaired) electrons. The van der Waals surface area contributed by atoms with E-state index >= 15 is 0 Å². The van der Waals surface area contributed by atoms with Crippen molar-refractivity contribution in [3.05, 3.63) is 40.7 Å². The summed E-state index contributed by atoms with van der Waals surface area (Å²) in [4.78, 5) is 11.6. The first-order chi connectivity index (χ1) is 8.74. The molecule has 96 valence electrons. The molecule has 2 aromatic heterocycles. The highest BCUT2D eigenvalue weighted by atomic mass is 32.1. The van der Waals surface area contributed by atoms with Crippen LogP contribution in [0.2, 0.25) is 0 Å². The number of hydrogen-bond acceptors (Lipinski definition) is 5. The number of pyridine rings is 1. The molecule has 0 spiro atoms. The Kier molecular flexibility index (Phi) is 4.28. The average Bonchev–Trinajstić information content (AvgIpc) is 2.83. The van der Waals surface area contributed by atoms with Gasteiger partial charge in [-0.15, -0.1) is 0 Å². The summed E-state index contributed by atoms with van der Waals surface area (Å²) in [6, 6.07) is 4.00.